The molecule has 0 aromatic carbocycles. The fourth-order valence-electron chi connectivity index (χ4n) is 1.07. The first-order valence-electron chi connectivity index (χ1n) is 4.33. The van der Waals surface area contributed by atoms with Crippen LogP contribution in [0.4, 0.5) is 0 Å². The lowest BCUT2D eigenvalue weighted by Crippen LogP contribution is -2.10. The van der Waals surface area contributed by atoms with Crippen molar-refractivity contribution in [1.29, 1.82) is 0 Å². The van der Waals surface area contributed by atoms with Gasteiger partial charge in [0.05, 0.1) is 6.10 Å². The number of hydrogen-bond acceptors (Lipinski definition) is 1. The molecule has 1 rings (SSSR count). The van der Waals surface area contributed by atoms with Crippen LogP contribution in [0.1, 0.15) is 34.6 Å². The van der Waals surface area contributed by atoms with Crippen LogP contribution >= 0.6 is 0 Å². The molecule has 1 heterocycles. The molecular weight excluding hydrogens is 124 g/mol. The van der Waals surface area contributed by atoms with Gasteiger partial charge in [-0.15, -0.1) is 0 Å². The summed E-state index contributed by atoms with van der Waals surface area (Å²) in [5.41, 5.74) is 0. The van der Waals surface area contributed by atoms with Crippen molar-refractivity contribution in [3.63, 3.8) is 0 Å². The van der Waals surface area contributed by atoms with E-state index < -0.39 is 0 Å². The summed E-state index contributed by atoms with van der Waals surface area (Å²) in [6.45, 7) is 11.6. The van der Waals surface area contributed by atoms with E-state index in [-0.39, 0.29) is 0 Å². The van der Waals surface area contributed by atoms with Gasteiger partial charge in [0.15, 0.2) is 0 Å². The fraction of sp³-hybridized carbons (Fsp3) is 1.00. The Labute approximate surface area is 64.8 Å². The van der Waals surface area contributed by atoms with Crippen molar-refractivity contribution in [3.8, 4) is 0 Å². The van der Waals surface area contributed by atoms with Crippen LogP contribution in [0.2, 0.25) is 0 Å². The van der Waals surface area contributed by atoms with E-state index >= 15 is 0 Å². The smallest absolute Gasteiger partial charge is 0.0576 e. The van der Waals surface area contributed by atoms with Crippen LogP contribution < -0.4 is 0 Å². The first-order valence-corrected chi connectivity index (χ1v) is 4.33. The Hall–Kier alpha value is -0.0400. The van der Waals surface area contributed by atoms with Gasteiger partial charge in [-0.1, -0.05) is 27.7 Å². The van der Waals surface area contributed by atoms with Gasteiger partial charge >= 0.3 is 0 Å². The average Bonchev–Trinajstić information content (AvgIpc) is 2.25. The molecule has 1 fully saturated rings. The van der Waals surface area contributed by atoms with E-state index in [0.717, 1.165) is 18.4 Å². The Morgan fingerprint density at radius 2 is 1.60 bits per heavy atom. The molecule has 1 nitrogen and oxygen atoms in total. The lowest BCUT2D eigenvalue weighted by atomic mass is 9.96. The van der Waals surface area contributed by atoms with Gasteiger partial charge in [-0.25, -0.2) is 0 Å². The minimum atomic E-state index is 0.491. The first kappa shape index (κ1) is 9.96. The summed E-state index contributed by atoms with van der Waals surface area (Å²) in [5.74, 6) is 1.53. The highest BCUT2D eigenvalue weighted by Gasteiger charge is 2.26. The van der Waals surface area contributed by atoms with Crippen molar-refractivity contribution >= 4 is 0 Å². The number of hydrogen-bond donors (Lipinski definition) is 0. The maximum atomic E-state index is 5.38. The van der Waals surface area contributed by atoms with Crippen LogP contribution in [0.15, 0.2) is 0 Å². The van der Waals surface area contributed by atoms with E-state index in [0.29, 0.717) is 6.10 Å². The summed E-state index contributed by atoms with van der Waals surface area (Å²) < 4.78 is 5.38. The molecule has 10 heavy (non-hydrogen) atoms. The van der Waals surface area contributed by atoms with Crippen LogP contribution in [-0.2, 0) is 4.74 Å². The van der Waals surface area contributed by atoms with Crippen molar-refractivity contribution in [1.82, 2.24) is 0 Å². The lowest BCUT2D eigenvalue weighted by molar-refractivity contribution is 0.108. The van der Waals surface area contributed by atoms with Crippen LogP contribution in [0, 0.1) is 11.8 Å². The second-order valence-electron chi connectivity index (χ2n) is 2.87. The minimum Gasteiger partial charge on any atom is -0.378 e. The highest BCUT2D eigenvalue weighted by atomic mass is 16.5. The molecule has 1 aliphatic heterocycles. The van der Waals surface area contributed by atoms with Gasteiger partial charge < -0.3 is 4.74 Å². The van der Waals surface area contributed by atoms with Gasteiger partial charge in [0.1, 0.15) is 0 Å². The van der Waals surface area contributed by atoms with E-state index in [1.807, 2.05) is 13.8 Å². The summed E-state index contributed by atoms with van der Waals surface area (Å²) in [7, 11) is 0. The van der Waals surface area contributed by atoms with Gasteiger partial charge in [0.2, 0.25) is 0 Å². The van der Waals surface area contributed by atoms with E-state index in [4.69, 9.17) is 4.74 Å². The predicted molar refractivity (Wildman–Crippen MR) is 45.1 cm³/mol. The van der Waals surface area contributed by atoms with Crippen LogP contribution in [0.25, 0.3) is 0 Å². The Kier molecular flexibility index (Phi) is 4.71. The third-order valence-electron chi connectivity index (χ3n) is 2.26. The monoisotopic (exact) mass is 144 g/mol. The van der Waals surface area contributed by atoms with Gasteiger partial charge in [0.25, 0.3) is 0 Å². The molecule has 0 N–H and O–H groups in total. The number of rotatable bonds is 0. The molecule has 62 valence electrons. The maximum absolute atomic E-state index is 5.38. The Morgan fingerprint density at radius 3 is 1.70 bits per heavy atom. The highest BCUT2D eigenvalue weighted by molar-refractivity contribution is 4.73. The molecule has 0 aliphatic carbocycles. The molecule has 1 heteroatoms. The molecular formula is C9H20O. The van der Waals surface area contributed by atoms with Crippen molar-refractivity contribution in [3.05, 3.63) is 0 Å². The molecule has 1 aliphatic rings. The molecule has 0 bridgehead atoms. The zero-order chi connectivity index (χ0) is 8.15. The van der Waals surface area contributed by atoms with E-state index in [1.165, 1.54) is 0 Å². The largest absolute Gasteiger partial charge is 0.378 e. The Bertz CT molecular complexity index is 70.8. The quantitative estimate of drug-likeness (QED) is 0.508. The van der Waals surface area contributed by atoms with E-state index in [9.17, 15) is 0 Å². The molecule has 1 saturated heterocycles. The zero-order valence-corrected chi connectivity index (χ0v) is 7.85. The lowest BCUT2D eigenvalue weighted by Gasteiger charge is -2.09. The summed E-state index contributed by atoms with van der Waals surface area (Å²) >= 11 is 0. The molecule has 0 aromatic rings. The van der Waals surface area contributed by atoms with Crippen LogP contribution in [-0.4, -0.2) is 12.7 Å². The summed E-state index contributed by atoms with van der Waals surface area (Å²) in [6.07, 6.45) is 0.491. The summed E-state index contributed by atoms with van der Waals surface area (Å²) in [5, 5.41) is 0. The summed E-state index contributed by atoms with van der Waals surface area (Å²) in [6, 6.07) is 0. The fourth-order valence-corrected chi connectivity index (χ4v) is 1.07. The second-order valence-corrected chi connectivity index (χ2v) is 2.87. The van der Waals surface area contributed by atoms with Crippen molar-refractivity contribution < 1.29 is 4.74 Å². The van der Waals surface area contributed by atoms with Gasteiger partial charge in [-0.05, 0) is 18.8 Å². The number of ether oxygens (including phenoxy) is 1. The first-order chi connectivity index (χ1) is 4.72. The second kappa shape index (κ2) is 4.73. The van der Waals surface area contributed by atoms with Gasteiger partial charge in [-0.2, -0.15) is 0 Å². The molecule has 3 atom stereocenters. The van der Waals surface area contributed by atoms with Crippen LogP contribution in [0.5, 0.6) is 0 Å². The van der Waals surface area contributed by atoms with Gasteiger partial charge in [-0.3, -0.25) is 0 Å². The standard InChI is InChI=1S/C7H14O.C2H6/c1-5-4-8-7(3)6(5)2;1-2/h5-7H,4H2,1-3H3;1-2H3/t5-,6-,7+;/m0./s1. The van der Waals surface area contributed by atoms with Gasteiger partial charge in [0, 0.05) is 6.61 Å². The predicted octanol–water partition coefficient (Wildman–Crippen LogP) is 2.70. The van der Waals surface area contributed by atoms with Crippen molar-refractivity contribution in [2.75, 3.05) is 6.61 Å². The zero-order valence-electron chi connectivity index (χ0n) is 7.85. The molecule has 0 radical (unpaired) electrons. The third-order valence-corrected chi connectivity index (χ3v) is 2.26. The molecule has 0 saturated carbocycles. The average molecular weight is 144 g/mol. The molecule has 0 amide bonds. The molecule has 0 aromatic heterocycles. The minimum absolute atomic E-state index is 0.491. The Balaban J connectivity index is 0.000000371. The van der Waals surface area contributed by atoms with E-state index in [1.54, 1.807) is 0 Å². The van der Waals surface area contributed by atoms with E-state index in [2.05, 4.69) is 20.8 Å². The van der Waals surface area contributed by atoms with Crippen molar-refractivity contribution in [2.24, 2.45) is 11.8 Å². The third kappa shape index (κ3) is 2.30. The maximum Gasteiger partial charge on any atom is 0.0576 e. The Morgan fingerprint density at radius 1 is 1.10 bits per heavy atom. The molecule has 0 unspecified atom stereocenters. The molecule has 0 spiro atoms. The highest BCUT2D eigenvalue weighted by Crippen LogP contribution is 2.24. The van der Waals surface area contributed by atoms with Crippen LogP contribution in [0.3, 0.4) is 0 Å². The van der Waals surface area contributed by atoms with Crippen molar-refractivity contribution in [2.45, 2.75) is 40.7 Å². The summed E-state index contributed by atoms with van der Waals surface area (Å²) in [4.78, 5) is 0. The topological polar surface area (TPSA) is 9.23 Å². The SMILES string of the molecule is CC.C[C@H]1[C@@H](C)CO[C@@H]1C. The normalized spacial score (nSPS) is 38.7.